The molecule has 3 fully saturated rings. The minimum atomic E-state index is -1.02. The van der Waals surface area contributed by atoms with Gasteiger partial charge in [-0.2, -0.15) is 0 Å². The Hall–Kier alpha value is -2.56. The molecule has 4 rings (SSSR count). The van der Waals surface area contributed by atoms with Gasteiger partial charge in [0.25, 0.3) is 0 Å². The molecule has 12 heteroatoms. The molecule has 1 aromatic rings. The molecule has 0 aromatic heterocycles. The molecule has 5 amide bonds. The van der Waals surface area contributed by atoms with Gasteiger partial charge >= 0.3 is 6.03 Å². The van der Waals surface area contributed by atoms with Crippen molar-refractivity contribution in [2.24, 2.45) is 11.1 Å². The number of nitrogens with two attached hydrogens (primary N) is 1. The molecule has 1 spiro atoms. The second-order valence-corrected chi connectivity index (χ2v) is 10.7. The second-order valence-electron chi connectivity index (χ2n) is 9.91. The quantitative estimate of drug-likeness (QED) is 0.508. The van der Waals surface area contributed by atoms with Crippen molar-refractivity contribution in [1.29, 1.82) is 0 Å². The van der Waals surface area contributed by atoms with E-state index in [9.17, 15) is 24.3 Å². The summed E-state index contributed by atoms with van der Waals surface area (Å²) in [6.45, 7) is 2.62. The highest BCUT2D eigenvalue weighted by Gasteiger charge is 2.51. The van der Waals surface area contributed by atoms with Crippen LogP contribution in [0.1, 0.15) is 39.0 Å². The summed E-state index contributed by atoms with van der Waals surface area (Å²) in [6, 6.07) is 2.16. The van der Waals surface area contributed by atoms with Gasteiger partial charge in [-0.05, 0) is 56.2 Å². The summed E-state index contributed by atoms with van der Waals surface area (Å²) in [4.78, 5) is 55.2. The molecule has 4 N–H and O–H groups in total. The van der Waals surface area contributed by atoms with E-state index in [1.807, 2.05) is 0 Å². The fourth-order valence-electron chi connectivity index (χ4n) is 5.05. The van der Waals surface area contributed by atoms with Gasteiger partial charge in [0.05, 0.1) is 22.7 Å². The first-order valence-electron chi connectivity index (χ1n) is 12.1. The third-order valence-electron chi connectivity index (χ3n) is 7.63. The zero-order valence-electron chi connectivity index (χ0n) is 20.1. The van der Waals surface area contributed by atoms with E-state index < -0.39 is 36.0 Å². The van der Waals surface area contributed by atoms with Crippen molar-refractivity contribution in [3.8, 4) is 0 Å². The van der Waals surface area contributed by atoms with Crippen LogP contribution in [0, 0.1) is 5.41 Å². The number of urea groups is 1. The number of amides is 5. The predicted molar refractivity (Wildman–Crippen MR) is 134 cm³/mol. The molecule has 1 aromatic carbocycles. The number of likely N-dealkylation sites (tertiary alicyclic amines) is 1. The Morgan fingerprint density at radius 3 is 2.50 bits per heavy atom. The second kappa shape index (κ2) is 10.4. The van der Waals surface area contributed by atoms with Gasteiger partial charge in [-0.15, -0.1) is 0 Å². The van der Waals surface area contributed by atoms with Crippen molar-refractivity contribution in [2.75, 3.05) is 31.5 Å². The predicted octanol–water partition coefficient (Wildman–Crippen LogP) is 2.07. The maximum atomic E-state index is 13.1. The van der Waals surface area contributed by atoms with Gasteiger partial charge in [-0.25, -0.2) is 4.79 Å². The number of piperidine rings is 1. The molecule has 1 saturated carbocycles. The van der Waals surface area contributed by atoms with Crippen LogP contribution in [-0.4, -0.2) is 87.9 Å². The maximum absolute atomic E-state index is 13.1. The van der Waals surface area contributed by atoms with Crippen molar-refractivity contribution in [1.82, 2.24) is 14.7 Å². The van der Waals surface area contributed by atoms with E-state index in [1.165, 1.54) is 21.9 Å². The summed E-state index contributed by atoms with van der Waals surface area (Å²) in [5.41, 5.74) is 5.99. The highest BCUT2D eigenvalue weighted by Crippen LogP contribution is 2.53. The number of anilines is 1. The highest BCUT2D eigenvalue weighted by molar-refractivity contribution is 6.42. The highest BCUT2D eigenvalue weighted by atomic mass is 35.5. The largest absolute Gasteiger partial charge is 0.391 e. The number of β-amino-alcohol motifs (C(OH)–C–C–N with tert-alkyl or cyclic N) is 1. The molecule has 0 radical (unpaired) electrons. The number of benzene rings is 1. The number of nitrogens with one attached hydrogen (secondary N) is 1. The first-order valence-corrected chi connectivity index (χ1v) is 12.9. The van der Waals surface area contributed by atoms with Crippen molar-refractivity contribution in [3.63, 3.8) is 0 Å². The lowest BCUT2D eigenvalue weighted by Gasteiger charge is -2.43. The van der Waals surface area contributed by atoms with Crippen molar-refractivity contribution >= 4 is 52.6 Å². The van der Waals surface area contributed by atoms with E-state index in [0.717, 1.165) is 19.3 Å². The number of piperazine rings is 1. The normalized spacial score (nSPS) is 25.2. The average Bonchev–Trinajstić information content (AvgIpc) is 3.61. The van der Waals surface area contributed by atoms with Crippen LogP contribution in [0.25, 0.3) is 0 Å². The lowest BCUT2D eigenvalue weighted by Crippen LogP contribution is -2.66. The minimum absolute atomic E-state index is 0.0137. The molecule has 3 atom stereocenters. The Balaban J connectivity index is 1.34. The summed E-state index contributed by atoms with van der Waals surface area (Å²) >= 11 is 11.9. The number of carbonyl (C=O) groups is 4. The third kappa shape index (κ3) is 5.40. The molecule has 2 heterocycles. The third-order valence-corrected chi connectivity index (χ3v) is 8.37. The van der Waals surface area contributed by atoms with E-state index in [2.05, 4.69) is 5.32 Å². The summed E-state index contributed by atoms with van der Waals surface area (Å²) in [5.74, 6) is -1.24. The molecule has 0 bridgehead atoms. The average molecular weight is 540 g/mol. The fourth-order valence-corrected chi connectivity index (χ4v) is 5.35. The van der Waals surface area contributed by atoms with E-state index in [1.54, 1.807) is 17.9 Å². The van der Waals surface area contributed by atoms with E-state index in [-0.39, 0.29) is 35.9 Å². The molecule has 1 aliphatic carbocycles. The van der Waals surface area contributed by atoms with Gasteiger partial charge in [-0.1, -0.05) is 23.2 Å². The minimum Gasteiger partial charge on any atom is -0.391 e. The maximum Gasteiger partial charge on any atom is 0.322 e. The number of carbonyl (C=O) groups excluding carboxylic acids is 4. The van der Waals surface area contributed by atoms with Gasteiger partial charge in [-0.3, -0.25) is 14.4 Å². The van der Waals surface area contributed by atoms with Gasteiger partial charge in [0.2, 0.25) is 17.7 Å². The van der Waals surface area contributed by atoms with Crippen LogP contribution in [0.4, 0.5) is 10.5 Å². The van der Waals surface area contributed by atoms with E-state index in [4.69, 9.17) is 28.9 Å². The van der Waals surface area contributed by atoms with Crippen molar-refractivity contribution in [3.05, 3.63) is 28.2 Å². The molecule has 2 saturated heterocycles. The summed E-state index contributed by atoms with van der Waals surface area (Å²) in [5, 5.41) is 13.6. The zero-order valence-corrected chi connectivity index (χ0v) is 21.6. The lowest BCUT2D eigenvalue weighted by atomic mass is 9.90. The van der Waals surface area contributed by atoms with E-state index >= 15 is 0 Å². The number of hydrogen-bond donors (Lipinski definition) is 3. The number of hydrogen-bond acceptors (Lipinski definition) is 5. The standard InChI is InChI=1S/C24H31Cl2N5O5/c1-14-22(35)30(9-2-3-20(33)29-10-8-24(6-7-24)19(32)13-29)18(21(27)34)12-31(14)23(36)28-15-4-5-16(25)17(26)11-15/h4-5,11,14,18-19,32H,2-3,6-10,12-13H2,1H3,(H2,27,34)(H,28,36)/t14-,18-,19-/m1/s1. The number of aliphatic hydroxyl groups is 1. The van der Waals surface area contributed by atoms with Crippen LogP contribution in [0.5, 0.6) is 0 Å². The molecule has 36 heavy (non-hydrogen) atoms. The van der Waals surface area contributed by atoms with Crippen LogP contribution in [0.15, 0.2) is 18.2 Å². The summed E-state index contributed by atoms with van der Waals surface area (Å²) < 4.78 is 0. The summed E-state index contributed by atoms with van der Waals surface area (Å²) in [6.07, 6.45) is 2.88. The number of nitrogens with zero attached hydrogens (tertiary/aromatic N) is 3. The lowest BCUT2D eigenvalue weighted by molar-refractivity contribution is -0.148. The van der Waals surface area contributed by atoms with Crippen molar-refractivity contribution in [2.45, 2.75) is 57.2 Å². The smallest absolute Gasteiger partial charge is 0.322 e. The number of aliphatic hydroxyl groups excluding tert-OH is 1. The Kier molecular flexibility index (Phi) is 7.68. The van der Waals surface area contributed by atoms with Crippen LogP contribution in [0.2, 0.25) is 10.0 Å². The first kappa shape index (κ1) is 26.5. The molecule has 10 nitrogen and oxygen atoms in total. The topological polar surface area (TPSA) is 136 Å². The van der Waals surface area contributed by atoms with Crippen LogP contribution in [-0.2, 0) is 14.4 Å². The first-order chi connectivity index (χ1) is 17.0. The Bertz CT molecular complexity index is 1070. The molecule has 3 aliphatic rings. The summed E-state index contributed by atoms with van der Waals surface area (Å²) in [7, 11) is 0. The zero-order chi connectivity index (χ0) is 26.2. The Morgan fingerprint density at radius 2 is 1.89 bits per heavy atom. The van der Waals surface area contributed by atoms with E-state index in [0.29, 0.717) is 30.2 Å². The SMILES string of the molecule is C[C@@H]1C(=O)N(CCCC(=O)N2CCC3(CC3)[C@H](O)C2)[C@@H](C(N)=O)CN1C(=O)Nc1ccc(Cl)c(Cl)c1. The van der Waals surface area contributed by atoms with Gasteiger partial charge in [0, 0.05) is 31.7 Å². The molecular formula is C24H31Cl2N5O5. The fraction of sp³-hybridized carbons (Fsp3) is 0.583. The van der Waals surface area contributed by atoms with Crippen molar-refractivity contribution < 1.29 is 24.3 Å². The Labute approximate surface area is 219 Å². The number of halogens is 2. The monoisotopic (exact) mass is 539 g/mol. The molecule has 0 unspecified atom stereocenters. The van der Waals surface area contributed by atoms with Gasteiger partial charge < -0.3 is 30.9 Å². The Morgan fingerprint density at radius 1 is 1.17 bits per heavy atom. The molecule has 196 valence electrons. The van der Waals surface area contributed by atoms with Gasteiger partial charge in [0.15, 0.2) is 0 Å². The number of rotatable bonds is 6. The number of primary amides is 1. The van der Waals surface area contributed by atoms with Gasteiger partial charge in [0.1, 0.15) is 12.1 Å². The van der Waals surface area contributed by atoms with Crippen LogP contribution in [0.3, 0.4) is 0 Å². The molecular weight excluding hydrogens is 509 g/mol. The van der Waals surface area contributed by atoms with Crippen LogP contribution >= 0.6 is 23.2 Å². The molecule has 2 aliphatic heterocycles. The van der Waals surface area contributed by atoms with Crippen LogP contribution < -0.4 is 11.1 Å².